The van der Waals surface area contributed by atoms with E-state index >= 15 is 0 Å². The Morgan fingerprint density at radius 1 is 0.750 bits per heavy atom. The zero-order valence-electron chi connectivity index (χ0n) is 14.8. The van der Waals surface area contributed by atoms with Crippen molar-refractivity contribution in [1.82, 2.24) is 0 Å². The maximum atomic E-state index is 5.78. The summed E-state index contributed by atoms with van der Waals surface area (Å²) < 4.78 is 10.4. The Balaban J connectivity index is 0.00000139. The molecule has 0 fully saturated rings. The highest BCUT2D eigenvalue weighted by atomic mass is 16.5. The number of hydrogen-bond acceptors (Lipinski definition) is 6. The molecular weight excluding hydrogens is 304 g/mol. The molecular formula is C18H28N4O2. The highest BCUT2D eigenvalue weighted by Crippen LogP contribution is 2.25. The summed E-state index contributed by atoms with van der Waals surface area (Å²) in [6, 6.07) is 11.2. The molecule has 0 atom stereocenters. The van der Waals surface area contributed by atoms with Crippen molar-refractivity contribution < 1.29 is 9.47 Å². The van der Waals surface area contributed by atoms with Gasteiger partial charge >= 0.3 is 0 Å². The molecule has 0 aromatic heterocycles. The predicted molar refractivity (Wildman–Crippen MR) is 103 cm³/mol. The first-order valence-electron chi connectivity index (χ1n) is 7.99. The van der Waals surface area contributed by atoms with E-state index in [1.807, 2.05) is 50.2 Å². The molecule has 2 aromatic rings. The fourth-order valence-electron chi connectivity index (χ4n) is 2.06. The van der Waals surface area contributed by atoms with E-state index in [1.54, 1.807) is 14.2 Å². The van der Waals surface area contributed by atoms with Crippen LogP contribution in [0.4, 0.5) is 22.7 Å². The average Bonchev–Trinajstić information content (AvgIpc) is 2.63. The molecule has 2 aromatic carbocycles. The molecule has 0 bridgehead atoms. The summed E-state index contributed by atoms with van der Waals surface area (Å²) in [5.41, 5.74) is 14.7. The number of nitrogens with one attached hydrogen (secondary N) is 2. The van der Waals surface area contributed by atoms with Crippen LogP contribution in [-0.2, 0) is 0 Å². The minimum Gasteiger partial charge on any atom is -0.495 e. The van der Waals surface area contributed by atoms with Crippen LogP contribution in [0.3, 0.4) is 0 Å². The van der Waals surface area contributed by atoms with Crippen molar-refractivity contribution in [3.8, 4) is 11.5 Å². The molecule has 0 saturated heterocycles. The van der Waals surface area contributed by atoms with Gasteiger partial charge in [-0.2, -0.15) is 0 Å². The molecule has 0 unspecified atom stereocenters. The number of rotatable bonds is 7. The summed E-state index contributed by atoms with van der Waals surface area (Å²) in [5.74, 6) is 1.34. The molecule has 2 rings (SSSR count). The predicted octanol–water partition coefficient (Wildman–Crippen LogP) is 3.42. The van der Waals surface area contributed by atoms with Crippen LogP contribution in [0, 0.1) is 0 Å². The van der Waals surface area contributed by atoms with Crippen molar-refractivity contribution in [2.75, 3.05) is 49.4 Å². The molecule has 6 nitrogen and oxygen atoms in total. The fourth-order valence-corrected chi connectivity index (χ4v) is 2.06. The van der Waals surface area contributed by atoms with Crippen LogP contribution in [0.5, 0.6) is 11.5 Å². The molecule has 0 amide bonds. The summed E-state index contributed by atoms with van der Waals surface area (Å²) in [6.45, 7) is 5.50. The standard InChI is InChI=1S/C16H22N4O2.C2H6/c1-21-15-9-11(3-5-13(15)17)19-7-8-20-12-4-6-14(18)16(10-12)22-2;1-2/h3-6,9-10,19-20H,7-8,17-18H2,1-2H3;1-2H3. The van der Waals surface area contributed by atoms with Crippen molar-refractivity contribution in [3.05, 3.63) is 36.4 Å². The lowest BCUT2D eigenvalue weighted by Crippen LogP contribution is -2.13. The maximum Gasteiger partial charge on any atom is 0.143 e. The number of anilines is 4. The van der Waals surface area contributed by atoms with Gasteiger partial charge in [0.25, 0.3) is 0 Å². The van der Waals surface area contributed by atoms with Crippen LogP contribution in [0.25, 0.3) is 0 Å². The lowest BCUT2D eigenvalue weighted by Gasteiger charge is -2.12. The van der Waals surface area contributed by atoms with Crippen molar-refractivity contribution in [1.29, 1.82) is 0 Å². The van der Waals surface area contributed by atoms with E-state index in [0.717, 1.165) is 24.5 Å². The molecule has 0 radical (unpaired) electrons. The molecule has 0 aliphatic rings. The minimum absolute atomic E-state index is 0.625. The Hall–Kier alpha value is -2.76. The Labute approximate surface area is 144 Å². The Morgan fingerprint density at radius 2 is 1.12 bits per heavy atom. The lowest BCUT2D eigenvalue weighted by molar-refractivity contribution is 0.417. The van der Waals surface area contributed by atoms with Crippen LogP contribution in [0.15, 0.2) is 36.4 Å². The van der Waals surface area contributed by atoms with Gasteiger partial charge < -0.3 is 31.6 Å². The summed E-state index contributed by atoms with van der Waals surface area (Å²) in [4.78, 5) is 0. The van der Waals surface area contributed by atoms with Gasteiger partial charge in [-0.1, -0.05) is 13.8 Å². The summed E-state index contributed by atoms with van der Waals surface area (Å²) in [5, 5.41) is 6.61. The molecule has 24 heavy (non-hydrogen) atoms. The normalized spacial score (nSPS) is 9.50. The fraction of sp³-hybridized carbons (Fsp3) is 0.333. The first-order valence-corrected chi connectivity index (χ1v) is 7.99. The van der Waals surface area contributed by atoms with E-state index in [9.17, 15) is 0 Å². The van der Waals surface area contributed by atoms with Crippen LogP contribution < -0.4 is 31.6 Å². The molecule has 132 valence electrons. The Bertz CT molecular complexity index is 577. The quantitative estimate of drug-likeness (QED) is 0.458. The highest BCUT2D eigenvalue weighted by molar-refractivity contribution is 5.62. The van der Waals surface area contributed by atoms with E-state index in [1.165, 1.54) is 0 Å². The first kappa shape index (κ1) is 19.3. The van der Waals surface area contributed by atoms with Crippen molar-refractivity contribution in [2.24, 2.45) is 0 Å². The number of methoxy groups -OCH3 is 2. The Kier molecular flexibility index (Phi) is 8.11. The lowest BCUT2D eigenvalue weighted by atomic mass is 10.2. The van der Waals surface area contributed by atoms with Crippen molar-refractivity contribution in [3.63, 3.8) is 0 Å². The van der Waals surface area contributed by atoms with Crippen LogP contribution in [0.2, 0.25) is 0 Å². The van der Waals surface area contributed by atoms with Gasteiger partial charge in [-0.15, -0.1) is 0 Å². The van der Waals surface area contributed by atoms with Crippen molar-refractivity contribution >= 4 is 22.7 Å². The molecule has 0 spiro atoms. The second-order valence-corrected chi connectivity index (χ2v) is 4.77. The van der Waals surface area contributed by atoms with Crippen molar-refractivity contribution in [2.45, 2.75) is 13.8 Å². The summed E-state index contributed by atoms with van der Waals surface area (Å²) >= 11 is 0. The molecule has 6 heteroatoms. The number of nitrogens with two attached hydrogens (primary N) is 2. The van der Waals surface area contributed by atoms with E-state index in [2.05, 4.69) is 10.6 Å². The molecule has 0 aliphatic heterocycles. The maximum absolute atomic E-state index is 5.78. The topological polar surface area (TPSA) is 94.6 Å². The number of nitrogen functional groups attached to an aromatic ring is 2. The van der Waals surface area contributed by atoms with Gasteiger partial charge in [-0.05, 0) is 24.3 Å². The summed E-state index contributed by atoms with van der Waals surface area (Å²) in [6.07, 6.45) is 0. The van der Waals surface area contributed by atoms with Gasteiger partial charge in [-0.3, -0.25) is 0 Å². The monoisotopic (exact) mass is 332 g/mol. The van der Waals surface area contributed by atoms with Gasteiger partial charge in [0.1, 0.15) is 11.5 Å². The average molecular weight is 332 g/mol. The number of ether oxygens (including phenoxy) is 2. The van der Waals surface area contributed by atoms with Gasteiger partial charge in [-0.25, -0.2) is 0 Å². The largest absolute Gasteiger partial charge is 0.495 e. The molecule has 6 N–H and O–H groups in total. The SMILES string of the molecule is CC.COc1cc(NCCNc2ccc(N)c(OC)c2)ccc1N. The number of benzene rings is 2. The van der Waals surface area contributed by atoms with Gasteiger partial charge in [0.15, 0.2) is 0 Å². The second-order valence-electron chi connectivity index (χ2n) is 4.77. The van der Waals surface area contributed by atoms with Crippen LogP contribution >= 0.6 is 0 Å². The van der Waals surface area contributed by atoms with Gasteiger partial charge in [0, 0.05) is 36.6 Å². The van der Waals surface area contributed by atoms with Gasteiger partial charge in [0.05, 0.1) is 25.6 Å². The minimum atomic E-state index is 0.625. The van der Waals surface area contributed by atoms with E-state index in [4.69, 9.17) is 20.9 Å². The zero-order valence-corrected chi connectivity index (χ0v) is 14.8. The summed E-state index contributed by atoms with van der Waals surface area (Å²) in [7, 11) is 3.21. The second kappa shape index (κ2) is 10.1. The molecule has 0 saturated carbocycles. The zero-order chi connectivity index (χ0) is 17.9. The van der Waals surface area contributed by atoms with E-state index in [-0.39, 0.29) is 0 Å². The third kappa shape index (κ3) is 5.46. The van der Waals surface area contributed by atoms with Gasteiger partial charge in [0.2, 0.25) is 0 Å². The molecule has 0 heterocycles. The van der Waals surface area contributed by atoms with Crippen LogP contribution in [0.1, 0.15) is 13.8 Å². The third-order valence-electron chi connectivity index (χ3n) is 3.25. The van der Waals surface area contributed by atoms with E-state index < -0.39 is 0 Å². The Morgan fingerprint density at radius 3 is 1.46 bits per heavy atom. The first-order chi connectivity index (χ1) is 11.6. The van der Waals surface area contributed by atoms with E-state index in [0.29, 0.717) is 22.9 Å². The highest BCUT2D eigenvalue weighted by Gasteiger charge is 2.02. The third-order valence-corrected chi connectivity index (χ3v) is 3.25. The number of hydrogen-bond donors (Lipinski definition) is 4. The van der Waals surface area contributed by atoms with Crippen LogP contribution in [-0.4, -0.2) is 27.3 Å². The smallest absolute Gasteiger partial charge is 0.143 e. The molecule has 0 aliphatic carbocycles.